The lowest BCUT2D eigenvalue weighted by molar-refractivity contribution is -0.138. The van der Waals surface area contributed by atoms with Gasteiger partial charge in [-0.3, -0.25) is 14.5 Å². The number of carboxylic acid groups (broad SMARTS) is 1. The van der Waals surface area contributed by atoms with Gasteiger partial charge in [0.2, 0.25) is 5.91 Å². The van der Waals surface area contributed by atoms with E-state index in [9.17, 15) is 9.59 Å². The summed E-state index contributed by atoms with van der Waals surface area (Å²) in [6.45, 7) is 2.36. The molecule has 1 aromatic carbocycles. The molecule has 2 N–H and O–H groups in total. The number of aliphatic carboxylic acids is 1. The zero-order valence-corrected chi connectivity index (χ0v) is 13.2. The van der Waals surface area contributed by atoms with Gasteiger partial charge in [0.05, 0.1) is 13.7 Å². The van der Waals surface area contributed by atoms with Gasteiger partial charge in [-0.05, 0) is 31.2 Å². The number of rotatable bonds is 7. The van der Waals surface area contributed by atoms with Crippen molar-refractivity contribution in [2.24, 2.45) is 0 Å². The second-order valence-electron chi connectivity index (χ2n) is 4.65. The Morgan fingerprint density at radius 2 is 2.05 bits per heavy atom. The van der Waals surface area contributed by atoms with Crippen molar-refractivity contribution in [1.29, 1.82) is 0 Å². The van der Waals surface area contributed by atoms with E-state index in [-0.39, 0.29) is 31.4 Å². The van der Waals surface area contributed by atoms with E-state index in [0.29, 0.717) is 6.54 Å². The fourth-order valence-corrected chi connectivity index (χ4v) is 1.88. The van der Waals surface area contributed by atoms with Crippen molar-refractivity contribution in [1.82, 2.24) is 10.2 Å². The summed E-state index contributed by atoms with van der Waals surface area (Å²) < 4.78 is 5.19. The monoisotopic (exact) mass is 316 g/mol. The summed E-state index contributed by atoms with van der Waals surface area (Å²) in [7, 11) is 3.43. The fourth-order valence-electron chi connectivity index (χ4n) is 1.88. The summed E-state index contributed by atoms with van der Waals surface area (Å²) in [5, 5.41) is 10.8. The molecule has 6 nitrogen and oxygen atoms in total. The number of ether oxygens (including phenoxy) is 1. The predicted molar refractivity (Wildman–Crippen MR) is 82.0 cm³/mol. The molecule has 0 aliphatic heterocycles. The van der Waals surface area contributed by atoms with Crippen molar-refractivity contribution >= 4 is 24.3 Å². The molecule has 0 unspecified atom stereocenters. The van der Waals surface area contributed by atoms with Gasteiger partial charge in [0.25, 0.3) is 0 Å². The molecule has 1 amide bonds. The number of aryl methyl sites for hydroxylation is 1. The lowest BCUT2D eigenvalue weighted by atomic mass is 10.1. The quantitative estimate of drug-likeness (QED) is 0.786. The number of hydrogen-bond acceptors (Lipinski definition) is 4. The molecule has 0 bridgehead atoms. The van der Waals surface area contributed by atoms with Gasteiger partial charge >= 0.3 is 5.97 Å². The van der Waals surface area contributed by atoms with Gasteiger partial charge in [-0.15, -0.1) is 12.4 Å². The maximum atomic E-state index is 11.5. The van der Waals surface area contributed by atoms with Crippen LogP contribution in [0.3, 0.4) is 0 Å². The number of carbonyl (C=O) groups is 2. The number of methoxy groups -OCH3 is 1. The van der Waals surface area contributed by atoms with Crippen LogP contribution in [0.25, 0.3) is 0 Å². The summed E-state index contributed by atoms with van der Waals surface area (Å²) >= 11 is 0. The zero-order chi connectivity index (χ0) is 15.1. The molecule has 21 heavy (non-hydrogen) atoms. The molecule has 0 spiro atoms. The number of amides is 1. The highest BCUT2D eigenvalue weighted by Crippen LogP contribution is 2.19. The average Bonchev–Trinajstić information content (AvgIpc) is 2.36. The largest absolute Gasteiger partial charge is 0.496 e. The van der Waals surface area contributed by atoms with Crippen molar-refractivity contribution in [2.45, 2.75) is 13.5 Å². The normalized spacial score (nSPS) is 9.90. The molecule has 0 aromatic heterocycles. The van der Waals surface area contributed by atoms with Gasteiger partial charge in [-0.1, -0.05) is 12.1 Å². The zero-order valence-electron chi connectivity index (χ0n) is 12.4. The number of carbonyl (C=O) groups excluding carboxylic acids is 1. The molecule has 7 heteroatoms. The Morgan fingerprint density at radius 3 is 2.57 bits per heavy atom. The highest BCUT2D eigenvalue weighted by molar-refractivity contribution is 5.85. The summed E-state index contributed by atoms with van der Waals surface area (Å²) in [6.07, 6.45) is 0. The standard InChI is InChI=1S/C14H20N2O4.ClH/c1-10-6-11(4-5-12(10)20-3)8-16(2)9-13(17)15-7-14(18)19;/h4-6H,7-9H2,1-3H3,(H,15,17)(H,18,19);1H. The topological polar surface area (TPSA) is 78.9 Å². The lowest BCUT2D eigenvalue weighted by Gasteiger charge is -2.17. The first-order chi connectivity index (χ1) is 9.42. The van der Waals surface area contributed by atoms with Crippen molar-refractivity contribution in [3.63, 3.8) is 0 Å². The molecule has 0 saturated heterocycles. The number of nitrogens with zero attached hydrogens (tertiary/aromatic N) is 1. The number of likely N-dealkylation sites (N-methyl/N-ethyl adjacent to an activating group) is 1. The van der Waals surface area contributed by atoms with Gasteiger partial charge in [0.1, 0.15) is 12.3 Å². The first-order valence-corrected chi connectivity index (χ1v) is 6.23. The number of carboxylic acids is 1. The van der Waals surface area contributed by atoms with E-state index in [1.54, 1.807) is 14.2 Å². The molecule has 0 aliphatic rings. The molecule has 0 atom stereocenters. The highest BCUT2D eigenvalue weighted by Gasteiger charge is 2.09. The van der Waals surface area contributed by atoms with Gasteiger partial charge in [-0.2, -0.15) is 0 Å². The van der Waals surface area contributed by atoms with Crippen molar-refractivity contribution in [3.05, 3.63) is 29.3 Å². The van der Waals surface area contributed by atoms with E-state index in [0.717, 1.165) is 16.9 Å². The van der Waals surface area contributed by atoms with Crippen LogP contribution in [0.5, 0.6) is 5.75 Å². The molecule has 0 saturated carbocycles. The number of hydrogen-bond donors (Lipinski definition) is 2. The Bertz CT molecular complexity index is 494. The minimum atomic E-state index is -1.05. The van der Waals surface area contributed by atoms with Crippen LogP contribution in [0, 0.1) is 6.92 Å². The van der Waals surface area contributed by atoms with Crippen LogP contribution in [-0.2, 0) is 16.1 Å². The maximum absolute atomic E-state index is 11.5. The lowest BCUT2D eigenvalue weighted by Crippen LogP contribution is -2.37. The number of nitrogens with one attached hydrogen (secondary N) is 1. The molecule has 0 fully saturated rings. The van der Waals surface area contributed by atoms with Crippen LogP contribution in [-0.4, -0.2) is 49.1 Å². The Hall–Kier alpha value is -1.79. The minimum Gasteiger partial charge on any atom is -0.496 e. The van der Waals surface area contributed by atoms with Crippen LogP contribution in [0.15, 0.2) is 18.2 Å². The number of benzene rings is 1. The van der Waals surface area contributed by atoms with Crippen LogP contribution in [0.4, 0.5) is 0 Å². The van der Waals surface area contributed by atoms with E-state index in [2.05, 4.69) is 5.32 Å². The van der Waals surface area contributed by atoms with E-state index in [1.165, 1.54) is 0 Å². The molecular weight excluding hydrogens is 296 g/mol. The Labute approximate surface area is 130 Å². The van der Waals surface area contributed by atoms with Crippen LogP contribution in [0.1, 0.15) is 11.1 Å². The van der Waals surface area contributed by atoms with E-state index in [1.807, 2.05) is 30.0 Å². The first-order valence-electron chi connectivity index (χ1n) is 6.23. The van der Waals surface area contributed by atoms with Gasteiger partial charge < -0.3 is 15.2 Å². The summed E-state index contributed by atoms with van der Waals surface area (Å²) in [4.78, 5) is 23.6. The molecular formula is C14H21ClN2O4. The van der Waals surface area contributed by atoms with E-state index < -0.39 is 5.97 Å². The first kappa shape index (κ1) is 19.2. The molecule has 1 aromatic rings. The SMILES string of the molecule is COc1ccc(CN(C)CC(=O)NCC(=O)O)cc1C.Cl. The third kappa shape index (κ3) is 6.97. The van der Waals surface area contributed by atoms with Crippen molar-refractivity contribution in [3.8, 4) is 5.75 Å². The maximum Gasteiger partial charge on any atom is 0.322 e. The van der Waals surface area contributed by atoms with Crippen LogP contribution in [0.2, 0.25) is 0 Å². The molecule has 118 valence electrons. The number of halogens is 1. The minimum absolute atomic E-state index is 0. The van der Waals surface area contributed by atoms with Gasteiger partial charge in [0.15, 0.2) is 0 Å². The third-order valence-corrected chi connectivity index (χ3v) is 2.76. The average molecular weight is 317 g/mol. The predicted octanol–water partition coefficient (Wildman–Crippen LogP) is 1.06. The third-order valence-electron chi connectivity index (χ3n) is 2.76. The Morgan fingerprint density at radius 1 is 1.38 bits per heavy atom. The smallest absolute Gasteiger partial charge is 0.322 e. The molecule has 1 rings (SSSR count). The molecule has 0 aliphatic carbocycles. The van der Waals surface area contributed by atoms with Crippen LogP contribution >= 0.6 is 12.4 Å². The highest BCUT2D eigenvalue weighted by atomic mass is 35.5. The molecule has 0 radical (unpaired) electrons. The second kappa shape index (κ2) is 9.20. The Balaban J connectivity index is 0.00000400. The van der Waals surface area contributed by atoms with Gasteiger partial charge in [-0.25, -0.2) is 0 Å². The van der Waals surface area contributed by atoms with Crippen molar-refractivity contribution < 1.29 is 19.4 Å². The second-order valence-corrected chi connectivity index (χ2v) is 4.65. The fraction of sp³-hybridized carbons (Fsp3) is 0.429. The summed E-state index contributed by atoms with van der Waals surface area (Å²) in [5.41, 5.74) is 2.10. The van der Waals surface area contributed by atoms with E-state index in [4.69, 9.17) is 9.84 Å². The van der Waals surface area contributed by atoms with E-state index >= 15 is 0 Å². The van der Waals surface area contributed by atoms with Crippen LogP contribution < -0.4 is 10.1 Å². The molecule has 0 heterocycles. The Kier molecular flexibility index (Phi) is 8.42. The van der Waals surface area contributed by atoms with Crippen molar-refractivity contribution in [2.75, 3.05) is 27.2 Å². The summed E-state index contributed by atoms with van der Waals surface area (Å²) in [6, 6.07) is 5.84. The summed E-state index contributed by atoms with van der Waals surface area (Å²) in [5.74, 6) is -0.525. The van der Waals surface area contributed by atoms with Gasteiger partial charge in [0, 0.05) is 6.54 Å².